The van der Waals surface area contributed by atoms with E-state index in [2.05, 4.69) is 45.2 Å². The molecule has 3 aromatic rings. The van der Waals surface area contributed by atoms with Crippen LogP contribution in [0.3, 0.4) is 0 Å². The van der Waals surface area contributed by atoms with Gasteiger partial charge < -0.3 is 5.32 Å². The van der Waals surface area contributed by atoms with E-state index in [4.69, 9.17) is 5.14 Å². The monoisotopic (exact) mass is 595 g/mol. The van der Waals surface area contributed by atoms with Crippen LogP contribution in [0.15, 0.2) is 65.1 Å². The Hall–Kier alpha value is -2.79. The number of nitrogens with one attached hydrogen (secondary N) is 1. The number of allylic oxidation sites excluding steroid dienone is 2. The Bertz CT molecular complexity index is 1320. The Kier molecular flexibility index (Phi) is 15.0. The van der Waals surface area contributed by atoms with Crippen LogP contribution in [0.4, 0.5) is 9.39 Å². The summed E-state index contributed by atoms with van der Waals surface area (Å²) in [6.45, 7) is 11.0. The van der Waals surface area contributed by atoms with Crippen LogP contribution in [0.25, 0.3) is 0 Å². The molecule has 1 heterocycles. The van der Waals surface area contributed by atoms with Crippen LogP contribution >= 0.6 is 11.3 Å². The Morgan fingerprint density at radius 2 is 1.76 bits per heavy atom. The summed E-state index contributed by atoms with van der Waals surface area (Å²) in [6.07, 6.45) is 9.94. The Labute approximate surface area is 253 Å². The molecule has 2 aromatic carbocycles. The van der Waals surface area contributed by atoms with Gasteiger partial charge in [-0.2, -0.15) is 5.26 Å². The lowest BCUT2D eigenvalue weighted by molar-refractivity contribution is 0.375. The van der Waals surface area contributed by atoms with Gasteiger partial charge in [0.05, 0.1) is 10.5 Å². The summed E-state index contributed by atoms with van der Waals surface area (Å²) in [5, 5.41) is 18.8. The van der Waals surface area contributed by atoms with E-state index in [1.54, 1.807) is 29.0 Å². The third-order valence-corrected chi connectivity index (χ3v) is 9.64. The summed E-state index contributed by atoms with van der Waals surface area (Å²) in [5.41, 5.74) is 6.00. The van der Waals surface area contributed by atoms with Crippen molar-refractivity contribution in [1.82, 2.24) is 0 Å². The predicted molar refractivity (Wildman–Crippen MR) is 174 cm³/mol. The first-order valence-corrected chi connectivity index (χ1v) is 16.6. The second kappa shape index (κ2) is 17.9. The summed E-state index contributed by atoms with van der Waals surface area (Å²) in [5.74, 6) is 1.19. The molecule has 3 unspecified atom stereocenters. The van der Waals surface area contributed by atoms with Gasteiger partial charge in [0, 0.05) is 11.9 Å². The van der Waals surface area contributed by atoms with E-state index < -0.39 is 11.0 Å². The molecule has 1 aliphatic rings. The fraction of sp³-hybridized carbons (Fsp3) is 0.441. The maximum Gasteiger partial charge on any atom is 0.123 e. The fourth-order valence-corrected chi connectivity index (χ4v) is 5.77. The molecule has 0 spiro atoms. The van der Waals surface area contributed by atoms with E-state index in [9.17, 15) is 13.9 Å². The van der Waals surface area contributed by atoms with E-state index in [1.807, 2.05) is 44.3 Å². The zero-order valence-corrected chi connectivity index (χ0v) is 27.1. The van der Waals surface area contributed by atoms with Gasteiger partial charge in [0.1, 0.15) is 27.9 Å². The number of benzene rings is 2. The summed E-state index contributed by atoms with van der Waals surface area (Å²) in [4.78, 5) is 2.05. The SMILES string of the molecule is CCc1cccc(F)c1.CCc1sc(NC)c(C#N)c1CC(C)C(C)CC.NS(=O)c1ccc(CC=C2CC2)cc1. The van der Waals surface area contributed by atoms with Crippen molar-refractivity contribution in [2.75, 3.05) is 12.4 Å². The molecule has 41 heavy (non-hydrogen) atoms. The normalized spacial score (nSPS) is 13.9. The maximum absolute atomic E-state index is 12.4. The van der Waals surface area contributed by atoms with E-state index in [-0.39, 0.29) is 5.82 Å². The van der Waals surface area contributed by atoms with Gasteiger partial charge in [-0.25, -0.2) is 13.7 Å². The van der Waals surface area contributed by atoms with Gasteiger partial charge in [-0.05, 0) is 91.3 Å². The number of anilines is 1. The van der Waals surface area contributed by atoms with Gasteiger partial charge in [0.25, 0.3) is 0 Å². The van der Waals surface area contributed by atoms with Crippen molar-refractivity contribution < 1.29 is 8.60 Å². The number of halogens is 1. The lowest BCUT2D eigenvalue weighted by atomic mass is 9.87. The zero-order valence-electron chi connectivity index (χ0n) is 25.4. The third kappa shape index (κ3) is 11.5. The van der Waals surface area contributed by atoms with Crippen molar-refractivity contribution in [2.24, 2.45) is 17.0 Å². The lowest BCUT2D eigenvalue weighted by Crippen LogP contribution is -2.11. The third-order valence-electron chi connectivity index (χ3n) is 7.51. The van der Waals surface area contributed by atoms with Crippen molar-refractivity contribution in [2.45, 2.75) is 84.5 Å². The summed E-state index contributed by atoms with van der Waals surface area (Å²) in [7, 11) is 0.544. The number of thiophene rings is 1. The Morgan fingerprint density at radius 3 is 2.22 bits per heavy atom. The minimum absolute atomic E-state index is 0.144. The highest BCUT2D eigenvalue weighted by atomic mass is 32.2. The second-order valence-electron chi connectivity index (χ2n) is 10.5. The molecule has 0 bridgehead atoms. The quantitative estimate of drug-likeness (QED) is 0.230. The number of nitriles is 1. The van der Waals surface area contributed by atoms with Crippen molar-refractivity contribution in [1.29, 1.82) is 5.26 Å². The number of hydrogen-bond donors (Lipinski definition) is 2. The average Bonchev–Trinajstić information content (AvgIpc) is 3.76. The van der Waals surface area contributed by atoms with Gasteiger partial charge in [0.15, 0.2) is 0 Å². The molecule has 3 N–H and O–H groups in total. The first-order valence-electron chi connectivity index (χ1n) is 14.6. The largest absolute Gasteiger partial charge is 0.379 e. The molecule has 0 amide bonds. The fourth-order valence-electron chi connectivity index (χ4n) is 4.29. The van der Waals surface area contributed by atoms with Crippen molar-refractivity contribution in [3.8, 4) is 6.07 Å². The summed E-state index contributed by atoms with van der Waals surface area (Å²) >= 11 is 1.74. The highest BCUT2D eigenvalue weighted by Crippen LogP contribution is 2.35. The molecule has 0 aliphatic heterocycles. The molecule has 3 atom stereocenters. The van der Waals surface area contributed by atoms with Crippen LogP contribution in [0.1, 0.15) is 81.0 Å². The minimum Gasteiger partial charge on any atom is -0.379 e. The molecule has 1 aromatic heterocycles. The van der Waals surface area contributed by atoms with E-state index in [1.165, 1.54) is 41.3 Å². The molecular weight excluding hydrogens is 550 g/mol. The zero-order chi connectivity index (χ0) is 30.4. The molecule has 4 rings (SSSR count). The highest BCUT2D eigenvalue weighted by molar-refractivity contribution is 7.82. The van der Waals surface area contributed by atoms with Gasteiger partial charge in [-0.1, -0.05) is 77.0 Å². The molecule has 7 heteroatoms. The predicted octanol–water partition coefficient (Wildman–Crippen LogP) is 8.77. The second-order valence-corrected chi connectivity index (χ2v) is 12.7. The molecule has 1 saturated carbocycles. The molecule has 4 nitrogen and oxygen atoms in total. The number of aryl methyl sites for hydroxylation is 2. The molecular formula is C34H46FN3OS2. The smallest absolute Gasteiger partial charge is 0.123 e. The van der Waals surface area contributed by atoms with Gasteiger partial charge in [-0.3, -0.25) is 0 Å². The first-order chi connectivity index (χ1) is 19.7. The highest BCUT2D eigenvalue weighted by Gasteiger charge is 2.20. The molecule has 222 valence electrons. The van der Waals surface area contributed by atoms with Crippen LogP contribution < -0.4 is 10.5 Å². The molecule has 0 radical (unpaired) electrons. The van der Waals surface area contributed by atoms with E-state index in [0.717, 1.165) is 41.8 Å². The number of hydrogen-bond acceptors (Lipinski definition) is 4. The molecule has 0 saturated heterocycles. The number of rotatable bonds is 10. The van der Waals surface area contributed by atoms with Crippen molar-refractivity contribution in [3.05, 3.63) is 93.1 Å². The average molecular weight is 596 g/mol. The van der Waals surface area contributed by atoms with Gasteiger partial charge in [-0.15, -0.1) is 11.3 Å². The van der Waals surface area contributed by atoms with Gasteiger partial charge >= 0.3 is 0 Å². The molecule has 1 fully saturated rings. The number of nitrogens with two attached hydrogens (primary N) is 1. The van der Waals surface area contributed by atoms with Gasteiger partial charge in [0.2, 0.25) is 0 Å². The van der Waals surface area contributed by atoms with Crippen LogP contribution in [0.5, 0.6) is 0 Å². The molecule has 1 aliphatic carbocycles. The lowest BCUT2D eigenvalue weighted by Gasteiger charge is -2.18. The Balaban J connectivity index is 0.000000227. The Morgan fingerprint density at radius 1 is 1.07 bits per heavy atom. The van der Waals surface area contributed by atoms with Crippen LogP contribution in [0, 0.1) is 29.0 Å². The minimum atomic E-state index is -1.35. The topological polar surface area (TPSA) is 78.9 Å². The van der Waals surface area contributed by atoms with E-state index in [0.29, 0.717) is 16.7 Å². The first kappa shape index (κ1) is 34.4. The van der Waals surface area contributed by atoms with E-state index >= 15 is 0 Å². The standard InChI is InChI=1S/C15H24N2S.C11H13NOS.C8H9F/c1-6-10(3)11(4)8-12-13(9-16)15(17-5)18-14(12)7-2;12-14(13)11-7-5-10(6-8-11)4-3-9-1-2-9;1-2-7-4-3-5-8(9)6-7/h10-11,17H,6-8H2,1-5H3;3,5-8H,1-2,4,12H2;3-6H,2H2,1H3. The van der Waals surface area contributed by atoms with Crippen LogP contribution in [0.2, 0.25) is 0 Å². The summed E-state index contributed by atoms with van der Waals surface area (Å²) in [6, 6.07) is 16.7. The summed E-state index contributed by atoms with van der Waals surface area (Å²) < 4.78 is 23.3. The van der Waals surface area contributed by atoms with Crippen LogP contribution in [-0.2, 0) is 36.7 Å². The number of nitrogens with zero attached hydrogens (tertiary/aromatic N) is 1. The van der Waals surface area contributed by atoms with Crippen molar-refractivity contribution in [3.63, 3.8) is 0 Å². The van der Waals surface area contributed by atoms with Crippen LogP contribution in [-0.4, -0.2) is 11.3 Å². The van der Waals surface area contributed by atoms with Crippen molar-refractivity contribution >= 4 is 27.3 Å². The maximum atomic E-state index is 12.4.